The molecule has 3 aromatic heterocycles. The molecule has 0 aliphatic carbocycles. The summed E-state index contributed by atoms with van der Waals surface area (Å²) in [5.74, 6) is 3.78. The van der Waals surface area contributed by atoms with Crippen LogP contribution in [0.3, 0.4) is 0 Å². The molecule has 0 fully saturated rings. The summed E-state index contributed by atoms with van der Waals surface area (Å²) in [5, 5.41) is 2.11. The van der Waals surface area contributed by atoms with Gasteiger partial charge in [-0.1, -0.05) is 136 Å². The summed E-state index contributed by atoms with van der Waals surface area (Å²) in [6.07, 6.45) is 1.91. The van der Waals surface area contributed by atoms with E-state index in [2.05, 4.69) is 210 Å². The Labute approximate surface area is 374 Å². The second-order valence-corrected chi connectivity index (χ2v) is 19.0. The van der Waals surface area contributed by atoms with E-state index in [1.165, 1.54) is 5.56 Å². The molecule has 64 heavy (non-hydrogen) atoms. The first kappa shape index (κ1) is 40.5. The first-order valence-electron chi connectivity index (χ1n) is 21.9. The van der Waals surface area contributed by atoms with Crippen molar-refractivity contribution in [1.29, 1.82) is 0 Å². The number of nitrogens with zero attached hydrogens (tertiary/aromatic N) is 7. The molecule has 0 radical (unpaired) electrons. The highest BCUT2D eigenvalue weighted by molar-refractivity contribution is 6.11. The fourth-order valence-electron chi connectivity index (χ4n) is 8.39. The molecule has 314 valence electrons. The molecule has 0 unspecified atom stereocenters. The van der Waals surface area contributed by atoms with E-state index in [4.69, 9.17) is 24.7 Å². The van der Waals surface area contributed by atoms with Crippen molar-refractivity contribution in [3.05, 3.63) is 168 Å². The molecule has 1 aliphatic rings. The van der Waals surface area contributed by atoms with Crippen molar-refractivity contribution in [2.75, 3.05) is 7.05 Å². The number of aryl methyl sites for hydroxylation is 2. The van der Waals surface area contributed by atoms with E-state index >= 15 is 0 Å². The summed E-state index contributed by atoms with van der Waals surface area (Å²) in [6, 6.07) is 52.2. The number of aromatic nitrogens is 5. The lowest BCUT2D eigenvalue weighted by molar-refractivity contribution is -0.394. The number of para-hydroxylation sites is 3. The monoisotopic (exact) mass is 837 g/mol. The van der Waals surface area contributed by atoms with Crippen molar-refractivity contribution in [3.8, 4) is 51.5 Å². The normalized spacial score (nSPS) is 12.7. The Morgan fingerprint density at radius 2 is 1.17 bits per heavy atom. The smallest absolute Gasteiger partial charge is 0.456 e. The third-order valence-electron chi connectivity index (χ3n) is 12.1. The van der Waals surface area contributed by atoms with Crippen molar-refractivity contribution in [3.63, 3.8) is 0 Å². The molecule has 0 atom stereocenters. The molecule has 0 bridgehead atoms. The number of rotatable bonds is 7. The highest BCUT2D eigenvalue weighted by atomic mass is 16.5. The number of fused-ring (bicyclic) bond motifs is 4. The van der Waals surface area contributed by atoms with Crippen molar-refractivity contribution in [2.45, 2.75) is 66.2 Å². The average Bonchev–Trinajstić information content (AvgIpc) is 3.79. The summed E-state index contributed by atoms with van der Waals surface area (Å²) in [4.78, 5) is 20.6. The largest absolute Gasteiger partial charge is 0.496 e. The Balaban J connectivity index is 1.26. The lowest BCUT2D eigenvalue weighted by Gasteiger charge is -2.21. The van der Waals surface area contributed by atoms with Gasteiger partial charge < -0.3 is 4.74 Å². The molecule has 0 amide bonds. The van der Waals surface area contributed by atoms with Crippen LogP contribution in [0.25, 0.3) is 61.8 Å². The lowest BCUT2D eigenvalue weighted by Crippen LogP contribution is -2.12. The van der Waals surface area contributed by atoms with Crippen LogP contribution in [-0.2, 0) is 10.8 Å². The van der Waals surface area contributed by atoms with Crippen LogP contribution in [0.2, 0.25) is 0 Å². The second-order valence-electron chi connectivity index (χ2n) is 19.0. The fraction of sp³-hybridized carbons (Fsp3) is 0.196. The van der Waals surface area contributed by atoms with Crippen molar-refractivity contribution >= 4 is 44.9 Å². The van der Waals surface area contributed by atoms with Gasteiger partial charge in [0.05, 0.1) is 22.7 Å². The van der Waals surface area contributed by atoms with Gasteiger partial charge in [0, 0.05) is 52.4 Å². The molecule has 1 aliphatic heterocycles. The summed E-state index contributed by atoms with van der Waals surface area (Å²) < 4.78 is 13.7. The molecule has 9 aromatic rings. The Kier molecular flexibility index (Phi) is 9.73. The second kappa shape index (κ2) is 15.4. The lowest BCUT2D eigenvalue weighted by atomic mass is 9.86. The molecule has 0 saturated heterocycles. The minimum absolute atomic E-state index is 0.0732. The van der Waals surface area contributed by atoms with E-state index in [0.717, 1.165) is 78.1 Å². The molecular formula is C56H51N7O+2. The third kappa shape index (κ3) is 7.46. The van der Waals surface area contributed by atoms with Gasteiger partial charge in [0.25, 0.3) is 11.4 Å². The zero-order valence-corrected chi connectivity index (χ0v) is 37.9. The Morgan fingerprint density at radius 1 is 0.562 bits per heavy atom. The number of hydrogen-bond donors (Lipinski definition) is 0. The van der Waals surface area contributed by atoms with Crippen LogP contribution < -0.4 is 9.31 Å². The van der Waals surface area contributed by atoms with Crippen LogP contribution in [0.15, 0.2) is 146 Å². The molecule has 10 rings (SSSR count). The molecule has 0 N–H and O–H groups in total. The van der Waals surface area contributed by atoms with Crippen LogP contribution in [0.4, 0.5) is 17.1 Å². The summed E-state index contributed by atoms with van der Waals surface area (Å²) in [6.45, 7) is 17.5. The quantitative estimate of drug-likeness (QED) is 0.150. The van der Waals surface area contributed by atoms with Crippen LogP contribution in [-0.4, -0.2) is 42.1 Å². The Morgan fingerprint density at radius 3 is 1.83 bits per heavy atom. The van der Waals surface area contributed by atoms with Crippen molar-refractivity contribution < 1.29 is 9.31 Å². The zero-order valence-electron chi connectivity index (χ0n) is 37.9. The van der Waals surface area contributed by atoms with Gasteiger partial charge in [0.1, 0.15) is 17.3 Å². The molecule has 8 nitrogen and oxygen atoms in total. The van der Waals surface area contributed by atoms with E-state index in [1.54, 1.807) is 0 Å². The van der Waals surface area contributed by atoms with Crippen LogP contribution in [0, 0.1) is 13.8 Å². The van der Waals surface area contributed by atoms with Gasteiger partial charge in [-0.2, -0.15) is 0 Å². The summed E-state index contributed by atoms with van der Waals surface area (Å²) >= 11 is 0. The standard InChI is InChI=1S/C56H51N7O/c1-35-18-22-37(23-19-35)52-58-53(38-24-20-36(2)21-25-38)60-54(59-52)45-32-44-43-14-10-11-15-46(43)63(51-30-39(26-27-57-51)55(3,4)5)49(44)33-50(45)64-42-29-40(56(6,7)8)28-41(31-42)62-34-61(9)47-16-12-13-17-48(47)62/h10-33H,1-9H3/q+2. The van der Waals surface area contributed by atoms with Gasteiger partial charge in [0.2, 0.25) is 5.69 Å². The number of pyridine rings is 1. The number of ether oxygens (including phenoxy) is 1. The first-order chi connectivity index (χ1) is 30.7. The SMILES string of the molecule is Cc1ccc(-c2nc(-c3ccc(C)cc3)nc(-c3cc4c5ccccc5n(-c5cc(C(C)(C)C)ccn5)c4cc3Oc3cc([N+]4=C=[N+](C)c5ccccc54)cc(C(C)(C)C)c3)n2)cc1. The molecular weight excluding hydrogens is 787 g/mol. The van der Waals surface area contributed by atoms with E-state index in [0.29, 0.717) is 29.0 Å². The van der Waals surface area contributed by atoms with Gasteiger partial charge in [-0.25, -0.2) is 19.9 Å². The maximum atomic E-state index is 7.31. The van der Waals surface area contributed by atoms with Gasteiger partial charge in [0.15, 0.2) is 24.5 Å². The van der Waals surface area contributed by atoms with E-state index in [1.807, 2.05) is 17.8 Å². The topological polar surface area (TPSA) is 71.7 Å². The van der Waals surface area contributed by atoms with E-state index < -0.39 is 0 Å². The van der Waals surface area contributed by atoms with Crippen LogP contribution in [0.5, 0.6) is 11.5 Å². The maximum absolute atomic E-state index is 7.31. The van der Waals surface area contributed by atoms with E-state index in [-0.39, 0.29) is 10.8 Å². The maximum Gasteiger partial charge on any atom is 0.496 e. The van der Waals surface area contributed by atoms with Crippen LogP contribution >= 0.6 is 0 Å². The van der Waals surface area contributed by atoms with Crippen LogP contribution in [0.1, 0.15) is 63.8 Å². The number of benzene rings is 6. The average molecular weight is 838 g/mol. The molecule has 0 spiro atoms. The fourth-order valence-corrected chi connectivity index (χ4v) is 8.39. The third-order valence-corrected chi connectivity index (χ3v) is 12.1. The molecule has 4 heterocycles. The first-order valence-corrected chi connectivity index (χ1v) is 21.9. The highest BCUT2D eigenvalue weighted by Gasteiger charge is 2.34. The molecule has 0 saturated carbocycles. The zero-order chi connectivity index (χ0) is 44.5. The predicted molar refractivity (Wildman–Crippen MR) is 260 cm³/mol. The molecule has 6 aromatic carbocycles. The minimum Gasteiger partial charge on any atom is -0.456 e. The summed E-state index contributed by atoms with van der Waals surface area (Å²) in [5.41, 5.74) is 12.0. The van der Waals surface area contributed by atoms with Gasteiger partial charge >= 0.3 is 6.01 Å². The van der Waals surface area contributed by atoms with Crippen molar-refractivity contribution in [1.82, 2.24) is 29.1 Å². The van der Waals surface area contributed by atoms with E-state index in [9.17, 15) is 0 Å². The Bertz CT molecular complexity index is 3310. The summed E-state index contributed by atoms with van der Waals surface area (Å²) in [7, 11) is 2.03. The highest BCUT2D eigenvalue weighted by Crippen LogP contribution is 2.44. The molecule has 8 heteroatoms. The predicted octanol–water partition coefficient (Wildman–Crippen LogP) is 13.7. The van der Waals surface area contributed by atoms with Gasteiger partial charge in [-0.3, -0.25) is 4.57 Å². The van der Waals surface area contributed by atoms with Crippen molar-refractivity contribution in [2.24, 2.45) is 0 Å². The Hall–Kier alpha value is -7.54. The number of hydrogen-bond acceptors (Lipinski definition) is 5. The minimum atomic E-state index is -0.192. The van der Waals surface area contributed by atoms with Gasteiger partial charge in [-0.15, -0.1) is 0 Å². The van der Waals surface area contributed by atoms with Gasteiger partial charge in [-0.05, 0) is 70.7 Å².